The molecule has 0 aromatic carbocycles. The van der Waals surface area contributed by atoms with E-state index in [9.17, 15) is 66.2 Å². The topological polar surface area (TPSA) is 337 Å². The van der Waals surface area contributed by atoms with Gasteiger partial charge < -0.3 is 85.5 Å². The molecule has 19 nitrogen and oxygen atoms in total. The third-order valence-corrected chi connectivity index (χ3v) is 12.2. The van der Waals surface area contributed by atoms with Crippen molar-refractivity contribution >= 4 is 5.97 Å². The van der Waals surface area contributed by atoms with Gasteiger partial charge in [-0.25, -0.2) is 5.26 Å². The van der Waals surface area contributed by atoms with Gasteiger partial charge in [0.2, 0.25) is 18.3 Å². The summed E-state index contributed by atoms with van der Waals surface area (Å²) < 4.78 is 16.3. The second-order valence-corrected chi connectivity index (χ2v) is 15.9. The van der Waals surface area contributed by atoms with Gasteiger partial charge in [-0.15, -0.1) is 0 Å². The molecule has 0 aromatic heterocycles. The van der Waals surface area contributed by atoms with Gasteiger partial charge in [-0.05, 0) is 75.5 Å². The van der Waals surface area contributed by atoms with Gasteiger partial charge in [-0.3, -0.25) is 4.79 Å². The van der Waals surface area contributed by atoms with E-state index in [-0.39, 0.29) is 31.3 Å². The van der Waals surface area contributed by atoms with Gasteiger partial charge in [-0.2, -0.15) is 0 Å². The molecule has 3 aliphatic rings. The lowest BCUT2D eigenvalue weighted by Crippen LogP contribution is -2.60. The Bertz CT molecular complexity index is 1370. The van der Waals surface area contributed by atoms with Crippen LogP contribution >= 0.6 is 0 Å². The Morgan fingerprint density at radius 2 is 1.39 bits per heavy atom. The van der Waals surface area contributed by atoms with Crippen molar-refractivity contribution in [2.45, 2.75) is 134 Å². The number of aliphatic hydroxyl groups is 13. The minimum absolute atomic E-state index is 0.150. The van der Waals surface area contributed by atoms with E-state index < -0.39 is 121 Å². The molecule has 3 aliphatic carbocycles. The molecule has 0 heterocycles. The molecule has 19 heteroatoms. The number of esters is 1. The fourth-order valence-electron chi connectivity index (χ4n) is 9.37. The smallest absolute Gasteiger partial charge is 0.314 e. The van der Waals surface area contributed by atoms with Crippen LogP contribution in [0.25, 0.3) is 0 Å². The van der Waals surface area contributed by atoms with Gasteiger partial charge in [0.05, 0.1) is 18.1 Å². The van der Waals surface area contributed by atoms with Crippen LogP contribution in [0.5, 0.6) is 0 Å². The summed E-state index contributed by atoms with van der Waals surface area (Å²) in [6.07, 6.45) is -13.2. The first-order valence-corrected chi connectivity index (χ1v) is 18.9. The monoisotopic (exact) mass is 810 g/mol. The van der Waals surface area contributed by atoms with Gasteiger partial charge in [0, 0.05) is 38.1 Å². The van der Waals surface area contributed by atoms with Gasteiger partial charge in [0.25, 0.3) is 6.29 Å². The zero-order valence-electron chi connectivity index (χ0n) is 31.9. The van der Waals surface area contributed by atoms with Crippen LogP contribution in [0.15, 0.2) is 35.2 Å². The van der Waals surface area contributed by atoms with Crippen molar-refractivity contribution in [3.05, 3.63) is 35.2 Å². The molecule has 0 spiro atoms. The van der Waals surface area contributed by atoms with E-state index in [0.29, 0.717) is 51.4 Å². The predicted molar refractivity (Wildman–Crippen MR) is 191 cm³/mol. The Morgan fingerprint density at radius 3 is 2.00 bits per heavy atom. The Hall–Kier alpha value is -2.63. The Balaban J connectivity index is 1.88. The first-order valence-electron chi connectivity index (χ1n) is 18.9. The van der Waals surface area contributed by atoms with Gasteiger partial charge >= 0.3 is 5.97 Å². The van der Waals surface area contributed by atoms with Crippen LogP contribution < -0.4 is 0 Å². The molecule has 0 aromatic rings. The zero-order chi connectivity index (χ0) is 42.2. The highest BCUT2D eigenvalue weighted by molar-refractivity contribution is 5.77. The van der Waals surface area contributed by atoms with Crippen molar-refractivity contribution in [2.24, 2.45) is 28.1 Å². The van der Waals surface area contributed by atoms with Gasteiger partial charge in [0.15, 0.2) is 17.3 Å². The highest BCUT2D eigenvalue weighted by Gasteiger charge is 2.63. The molecule has 12 unspecified atom stereocenters. The van der Waals surface area contributed by atoms with E-state index in [2.05, 4.69) is 11.5 Å². The summed E-state index contributed by atoms with van der Waals surface area (Å²) in [5, 5.41) is 141. The minimum atomic E-state index is -2.37. The minimum Gasteiger partial charge on any atom is -0.506 e. The van der Waals surface area contributed by atoms with Crippen LogP contribution in [0.3, 0.4) is 0 Å². The second-order valence-electron chi connectivity index (χ2n) is 15.9. The van der Waals surface area contributed by atoms with E-state index in [4.69, 9.17) is 24.4 Å². The standard InChI is InChI=1S/C37H62O19/c1-19-5-6-24-35(2)11-4-12-36(3,34(51)55-33(50)30(56-52)26(45)21(42)9-15-39)23(35)7-13-37(24,17-19)18-53-31(48)28(47)29(22(43)10-16-40)54-32(49)27(46)25(44)20(41)8-14-38/h20-25,27,31-33,38-50,52H,1,4-18H2,2-3H3/b29-28-,30-26-/t20?,21-,22?,23?,24?,25?,27?,31?,32?,33?,35?,36?,37?/m0/s1. The molecule has 0 aliphatic heterocycles. The molecule has 0 amide bonds. The molecule has 56 heavy (non-hydrogen) atoms. The molecule has 14 N–H and O–H groups in total. The Labute approximate surface area is 324 Å². The third kappa shape index (κ3) is 10.3. The quantitative estimate of drug-likeness (QED) is 0.0173. The zero-order valence-corrected chi connectivity index (χ0v) is 31.9. The van der Waals surface area contributed by atoms with Gasteiger partial charge in [0.1, 0.15) is 24.4 Å². The number of carbonyl (C=O) groups excluding carboxylic acids is 1. The summed E-state index contributed by atoms with van der Waals surface area (Å²) in [6, 6.07) is 0. The summed E-state index contributed by atoms with van der Waals surface area (Å²) in [7, 11) is 0. The molecule has 0 saturated heterocycles. The molecule has 13 atom stereocenters. The maximum absolute atomic E-state index is 13.9. The van der Waals surface area contributed by atoms with E-state index in [1.165, 1.54) is 0 Å². The Morgan fingerprint density at radius 1 is 0.768 bits per heavy atom. The van der Waals surface area contributed by atoms with Crippen molar-refractivity contribution in [2.75, 3.05) is 26.4 Å². The largest absolute Gasteiger partial charge is 0.506 e. The molecular formula is C37H62O19. The second kappa shape index (κ2) is 20.4. The lowest BCUT2D eigenvalue weighted by Gasteiger charge is -2.64. The number of hydrogen-bond acceptors (Lipinski definition) is 19. The molecule has 3 rings (SSSR count). The fraction of sp³-hybridized carbons (Fsp3) is 0.811. The number of fused-ring (bicyclic) bond motifs is 3. The number of aliphatic hydroxyl groups excluding tert-OH is 13. The number of hydrogen-bond donors (Lipinski definition) is 14. The lowest BCUT2D eigenvalue weighted by atomic mass is 9.40. The SMILES string of the molecule is C=C1CCC2C(COC(O)/C(O)=C(/OC(O)C(O)C(O)C(O)CCO)C(O)CCO)(CCC3C(C)(C(=O)OC(O)/C(OO)=C(/O)[C@@H](O)CCO)CCCC23C)C1. The number of rotatable bonds is 21. The summed E-state index contributed by atoms with van der Waals surface area (Å²) >= 11 is 0. The van der Waals surface area contributed by atoms with Crippen LogP contribution in [-0.2, 0) is 23.9 Å². The molecule has 0 bridgehead atoms. The Kier molecular flexibility index (Phi) is 17.4. The summed E-state index contributed by atoms with van der Waals surface area (Å²) in [4.78, 5) is 17.9. The van der Waals surface area contributed by atoms with Crippen LogP contribution in [-0.4, -0.2) is 153 Å². The molecule has 3 fully saturated rings. The van der Waals surface area contributed by atoms with Gasteiger partial charge in [-0.1, -0.05) is 25.5 Å². The third-order valence-electron chi connectivity index (χ3n) is 12.2. The fourth-order valence-corrected chi connectivity index (χ4v) is 9.37. The molecule has 0 radical (unpaired) electrons. The first kappa shape index (κ1) is 47.7. The van der Waals surface area contributed by atoms with Crippen LogP contribution in [0, 0.1) is 28.1 Å². The molecule has 3 saturated carbocycles. The van der Waals surface area contributed by atoms with Crippen LogP contribution in [0.1, 0.15) is 84.5 Å². The highest BCUT2D eigenvalue weighted by atomic mass is 17.1. The predicted octanol–water partition coefficient (Wildman–Crippen LogP) is -0.552. The maximum atomic E-state index is 13.9. The normalized spacial score (nSPS) is 31.9. The number of allylic oxidation sites excluding steroid dienone is 1. The van der Waals surface area contributed by atoms with E-state index in [1.807, 2.05) is 6.92 Å². The van der Waals surface area contributed by atoms with E-state index in [1.54, 1.807) is 6.92 Å². The highest BCUT2D eigenvalue weighted by Crippen LogP contribution is 2.68. The molecular weight excluding hydrogens is 748 g/mol. The van der Waals surface area contributed by atoms with E-state index >= 15 is 0 Å². The van der Waals surface area contributed by atoms with Crippen molar-refractivity contribution in [3.63, 3.8) is 0 Å². The summed E-state index contributed by atoms with van der Waals surface area (Å²) in [5.74, 6) is -5.35. The number of carbonyl (C=O) groups is 1. The molecule has 324 valence electrons. The maximum Gasteiger partial charge on any atom is 0.314 e. The van der Waals surface area contributed by atoms with Crippen molar-refractivity contribution in [1.29, 1.82) is 0 Å². The van der Waals surface area contributed by atoms with Crippen molar-refractivity contribution in [3.8, 4) is 0 Å². The first-order chi connectivity index (χ1) is 26.3. The van der Waals surface area contributed by atoms with Crippen LogP contribution in [0.2, 0.25) is 0 Å². The number of ether oxygens (including phenoxy) is 3. The van der Waals surface area contributed by atoms with Crippen molar-refractivity contribution < 1.29 is 95.5 Å². The summed E-state index contributed by atoms with van der Waals surface area (Å²) in [5.41, 5.74) is -1.51. The van der Waals surface area contributed by atoms with Crippen molar-refractivity contribution in [1.82, 2.24) is 0 Å². The van der Waals surface area contributed by atoms with E-state index in [0.717, 1.165) is 5.57 Å². The summed E-state index contributed by atoms with van der Waals surface area (Å²) in [6.45, 7) is 6.08. The average Bonchev–Trinajstić information content (AvgIpc) is 3.15. The average molecular weight is 811 g/mol. The lowest BCUT2D eigenvalue weighted by molar-refractivity contribution is -0.250. The van der Waals surface area contributed by atoms with Crippen LogP contribution in [0.4, 0.5) is 0 Å².